The fraction of sp³-hybridized carbons (Fsp3) is 0.222. The fourth-order valence-corrected chi connectivity index (χ4v) is 1.95. The van der Waals surface area contributed by atoms with Crippen LogP contribution in [0.15, 0.2) is 60.7 Å². The first-order chi connectivity index (χ1) is 11.2. The van der Waals surface area contributed by atoms with E-state index in [9.17, 15) is 9.59 Å². The molecule has 0 spiro atoms. The number of benzene rings is 2. The SMILES string of the molecule is CC(Oc1ccccc1)C(=O)NCCNC(=O)c1ccccc1. The Kier molecular flexibility index (Phi) is 6.17. The molecule has 0 fully saturated rings. The molecule has 5 nitrogen and oxygen atoms in total. The molecular weight excluding hydrogens is 292 g/mol. The number of carbonyl (C=O) groups is 2. The molecule has 0 aliphatic rings. The van der Waals surface area contributed by atoms with Gasteiger partial charge in [-0.3, -0.25) is 9.59 Å². The van der Waals surface area contributed by atoms with Crippen molar-refractivity contribution in [3.05, 3.63) is 66.2 Å². The molecule has 1 unspecified atom stereocenters. The summed E-state index contributed by atoms with van der Waals surface area (Å²) in [7, 11) is 0. The minimum absolute atomic E-state index is 0.159. The molecule has 0 aliphatic carbocycles. The molecule has 2 amide bonds. The van der Waals surface area contributed by atoms with Crippen LogP contribution in [0, 0.1) is 0 Å². The molecule has 1 atom stereocenters. The second-order valence-corrected chi connectivity index (χ2v) is 4.99. The summed E-state index contributed by atoms with van der Waals surface area (Å²) in [4.78, 5) is 23.7. The maximum Gasteiger partial charge on any atom is 0.260 e. The van der Waals surface area contributed by atoms with E-state index < -0.39 is 6.10 Å². The van der Waals surface area contributed by atoms with E-state index in [4.69, 9.17) is 4.74 Å². The maximum atomic E-state index is 11.9. The van der Waals surface area contributed by atoms with E-state index in [1.54, 1.807) is 43.3 Å². The van der Waals surface area contributed by atoms with Crippen LogP contribution in [0.1, 0.15) is 17.3 Å². The van der Waals surface area contributed by atoms with Crippen molar-refractivity contribution in [2.24, 2.45) is 0 Å². The molecule has 0 saturated heterocycles. The van der Waals surface area contributed by atoms with Crippen LogP contribution in [0.2, 0.25) is 0 Å². The standard InChI is InChI=1S/C18H20N2O3/c1-14(23-16-10-6-3-7-11-16)17(21)19-12-13-20-18(22)15-8-4-2-5-9-15/h2-11,14H,12-13H2,1H3,(H,19,21)(H,20,22). The number of amides is 2. The Morgan fingerprint density at radius 2 is 1.48 bits per heavy atom. The van der Waals surface area contributed by atoms with Crippen molar-refractivity contribution in [2.45, 2.75) is 13.0 Å². The Balaban J connectivity index is 1.67. The van der Waals surface area contributed by atoms with Crippen LogP contribution < -0.4 is 15.4 Å². The summed E-state index contributed by atoms with van der Waals surface area (Å²) < 4.78 is 5.52. The van der Waals surface area contributed by atoms with E-state index in [-0.39, 0.29) is 11.8 Å². The van der Waals surface area contributed by atoms with E-state index in [1.165, 1.54) is 0 Å². The van der Waals surface area contributed by atoms with Gasteiger partial charge in [-0.2, -0.15) is 0 Å². The molecule has 0 bridgehead atoms. The lowest BCUT2D eigenvalue weighted by Gasteiger charge is -2.14. The first-order valence-corrected chi connectivity index (χ1v) is 7.49. The Hall–Kier alpha value is -2.82. The molecule has 2 rings (SSSR count). The number of hydrogen-bond donors (Lipinski definition) is 2. The Morgan fingerprint density at radius 1 is 0.913 bits per heavy atom. The van der Waals surface area contributed by atoms with Gasteiger partial charge in [-0.15, -0.1) is 0 Å². The minimum Gasteiger partial charge on any atom is -0.481 e. The largest absolute Gasteiger partial charge is 0.481 e. The molecule has 23 heavy (non-hydrogen) atoms. The summed E-state index contributed by atoms with van der Waals surface area (Å²) >= 11 is 0. The highest BCUT2D eigenvalue weighted by Crippen LogP contribution is 2.10. The molecule has 2 aromatic carbocycles. The summed E-state index contributed by atoms with van der Waals surface area (Å²) in [6.45, 7) is 2.39. The molecule has 0 saturated carbocycles. The fourth-order valence-electron chi connectivity index (χ4n) is 1.95. The number of carbonyl (C=O) groups excluding carboxylic acids is 2. The zero-order valence-electron chi connectivity index (χ0n) is 13.0. The molecule has 0 heterocycles. The second-order valence-electron chi connectivity index (χ2n) is 4.99. The Labute approximate surface area is 135 Å². The monoisotopic (exact) mass is 312 g/mol. The summed E-state index contributed by atoms with van der Waals surface area (Å²) in [5.74, 6) is 0.267. The van der Waals surface area contributed by atoms with Crippen molar-refractivity contribution >= 4 is 11.8 Å². The summed E-state index contributed by atoms with van der Waals surface area (Å²) in [6.07, 6.45) is -0.595. The van der Waals surface area contributed by atoms with Crippen LogP contribution in [0.4, 0.5) is 0 Å². The molecular formula is C18H20N2O3. The summed E-state index contributed by atoms with van der Waals surface area (Å²) in [5.41, 5.74) is 0.597. The third-order valence-electron chi connectivity index (χ3n) is 3.17. The molecule has 2 N–H and O–H groups in total. The van der Waals surface area contributed by atoms with Crippen LogP contribution >= 0.6 is 0 Å². The van der Waals surface area contributed by atoms with Gasteiger partial charge in [-0.05, 0) is 31.2 Å². The molecule has 0 aromatic heterocycles. The number of ether oxygens (including phenoxy) is 1. The average molecular weight is 312 g/mol. The van der Waals surface area contributed by atoms with E-state index in [1.807, 2.05) is 24.3 Å². The lowest BCUT2D eigenvalue weighted by atomic mass is 10.2. The highest BCUT2D eigenvalue weighted by atomic mass is 16.5. The van der Waals surface area contributed by atoms with Crippen LogP contribution in [-0.4, -0.2) is 31.0 Å². The van der Waals surface area contributed by atoms with Crippen LogP contribution in [0.25, 0.3) is 0 Å². The summed E-state index contributed by atoms with van der Waals surface area (Å²) in [5, 5.41) is 5.48. The number of rotatable bonds is 7. The molecule has 5 heteroatoms. The smallest absolute Gasteiger partial charge is 0.260 e. The Bertz CT molecular complexity index is 629. The zero-order chi connectivity index (χ0) is 16.5. The molecule has 120 valence electrons. The van der Waals surface area contributed by atoms with Crippen molar-refractivity contribution in [3.8, 4) is 5.75 Å². The Morgan fingerprint density at radius 3 is 2.13 bits per heavy atom. The van der Waals surface area contributed by atoms with Gasteiger partial charge in [-0.1, -0.05) is 36.4 Å². The van der Waals surface area contributed by atoms with Gasteiger partial charge < -0.3 is 15.4 Å². The highest BCUT2D eigenvalue weighted by Gasteiger charge is 2.13. The maximum absolute atomic E-state index is 11.9. The minimum atomic E-state index is -0.595. The van der Waals surface area contributed by atoms with Crippen LogP contribution in [0.5, 0.6) is 5.75 Å². The van der Waals surface area contributed by atoms with Gasteiger partial charge in [-0.25, -0.2) is 0 Å². The topological polar surface area (TPSA) is 67.4 Å². The first kappa shape index (κ1) is 16.5. The molecule has 0 aliphatic heterocycles. The number of hydrogen-bond acceptors (Lipinski definition) is 3. The van der Waals surface area contributed by atoms with Crippen molar-refractivity contribution < 1.29 is 14.3 Å². The van der Waals surface area contributed by atoms with Gasteiger partial charge in [0.1, 0.15) is 5.75 Å². The van der Waals surface area contributed by atoms with E-state index >= 15 is 0 Å². The number of para-hydroxylation sites is 1. The molecule has 2 aromatic rings. The lowest BCUT2D eigenvalue weighted by Crippen LogP contribution is -2.40. The van der Waals surface area contributed by atoms with Gasteiger partial charge in [0.2, 0.25) is 0 Å². The predicted molar refractivity (Wildman–Crippen MR) is 88.3 cm³/mol. The normalized spacial score (nSPS) is 11.3. The first-order valence-electron chi connectivity index (χ1n) is 7.49. The third kappa shape index (κ3) is 5.47. The lowest BCUT2D eigenvalue weighted by molar-refractivity contribution is -0.127. The van der Waals surface area contributed by atoms with Crippen LogP contribution in [-0.2, 0) is 4.79 Å². The van der Waals surface area contributed by atoms with E-state index in [0.29, 0.717) is 24.4 Å². The predicted octanol–water partition coefficient (Wildman–Crippen LogP) is 2.00. The van der Waals surface area contributed by atoms with E-state index in [0.717, 1.165) is 0 Å². The zero-order valence-corrected chi connectivity index (χ0v) is 13.0. The van der Waals surface area contributed by atoms with Crippen LogP contribution in [0.3, 0.4) is 0 Å². The highest BCUT2D eigenvalue weighted by molar-refractivity contribution is 5.94. The molecule has 0 radical (unpaired) electrons. The van der Waals surface area contributed by atoms with Gasteiger partial charge in [0.05, 0.1) is 0 Å². The van der Waals surface area contributed by atoms with Gasteiger partial charge in [0, 0.05) is 18.7 Å². The third-order valence-corrected chi connectivity index (χ3v) is 3.17. The van der Waals surface area contributed by atoms with Gasteiger partial charge in [0.25, 0.3) is 11.8 Å². The summed E-state index contributed by atoms with van der Waals surface area (Å²) in [6, 6.07) is 18.1. The average Bonchev–Trinajstić information content (AvgIpc) is 2.60. The number of nitrogens with one attached hydrogen (secondary N) is 2. The second kappa shape index (κ2) is 8.58. The van der Waals surface area contributed by atoms with Crippen molar-refractivity contribution in [3.63, 3.8) is 0 Å². The van der Waals surface area contributed by atoms with Gasteiger partial charge >= 0.3 is 0 Å². The quantitative estimate of drug-likeness (QED) is 0.769. The van der Waals surface area contributed by atoms with Crippen molar-refractivity contribution in [2.75, 3.05) is 13.1 Å². The van der Waals surface area contributed by atoms with Gasteiger partial charge in [0.15, 0.2) is 6.10 Å². The van der Waals surface area contributed by atoms with E-state index in [2.05, 4.69) is 10.6 Å². The van der Waals surface area contributed by atoms with Crippen molar-refractivity contribution in [1.29, 1.82) is 0 Å². The van der Waals surface area contributed by atoms with Crippen molar-refractivity contribution in [1.82, 2.24) is 10.6 Å².